The highest BCUT2D eigenvalue weighted by Gasteiger charge is 2.52. The van der Waals surface area contributed by atoms with E-state index < -0.39 is 41.1 Å². The smallest absolute Gasteiger partial charge is 0.276 e. The molecule has 1 N–H and O–H groups in total. The van der Waals surface area contributed by atoms with Gasteiger partial charge in [0.05, 0.1) is 52.4 Å². The maximum atomic E-state index is 15.1. The summed E-state index contributed by atoms with van der Waals surface area (Å²) in [4.78, 5) is 39.4. The van der Waals surface area contributed by atoms with Crippen LogP contribution in [0.25, 0.3) is 11.3 Å². The van der Waals surface area contributed by atoms with Gasteiger partial charge in [0.25, 0.3) is 12.3 Å². The Hall–Kier alpha value is -4.39. The fourth-order valence-electron chi connectivity index (χ4n) is 5.13. The topological polar surface area (TPSA) is 106 Å². The van der Waals surface area contributed by atoms with Crippen LogP contribution in [0.15, 0.2) is 43.0 Å². The van der Waals surface area contributed by atoms with Gasteiger partial charge in [-0.15, -0.1) is 0 Å². The summed E-state index contributed by atoms with van der Waals surface area (Å²) in [5, 5.41) is 6.40. The number of hydrogen-bond acceptors (Lipinski definition) is 6. The highest BCUT2D eigenvalue weighted by Crippen LogP contribution is 2.47. The molecule has 6 rings (SSSR count). The fourth-order valence-corrected chi connectivity index (χ4v) is 5.28. The quantitative estimate of drug-likeness (QED) is 0.271. The Morgan fingerprint density at radius 2 is 1.95 bits per heavy atom. The molecule has 1 saturated carbocycles. The second-order valence-electron chi connectivity index (χ2n) is 10.3. The van der Waals surface area contributed by atoms with Crippen molar-refractivity contribution in [1.29, 1.82) is 0 Å². The van der Waals surface area contributed by atoms with Gasteiger partial charge >= 0.3 is 0 Å². The monoisotopic (exact) mass is 599 g/mol. The fraction of sp³-hybridized carbons (Fsp3) is 0.286. The van der Waals surface area contributed by atoms with E-state index in [1.54, 1.807) is 11.8 Å². The molecule has 0 bridgehead atoms. The van der Waals surface area contributed by atoms with Crippen molar-refractivity contribution < 1.29 is 27.2 Å². The Bertz CT molecular complexity index is 1750. The third kappa shape index (κ3) is 4.87. The molecule has 1 saturated heterocycles. The molecule has 9 nitrogen and oxygen atoms in total. The number of aryl methyl sites for hydroxylation is 1. The van der Waals surface area contributed by atoms with Crippen molar-refractivity contribution in [1.82, 2.24) is 24.7 Å². The van der Waals surface area contributed by atoms with Crippen LogP contribution in [-0.4, -0.2) is 43.1 Å². The van der Waals surface area contributed by atoms with Crippen LogP contribution < -0.4 is 10.2 Å². The normalized spacial score (nSPS) is 18.4. The van der Waals surface area contributed by atoms with E-state index in [-0.39, 0.29) is 45.3 Å². The summed E-state index contributed by atoms with van der Waals surface area (Å²) < 4.78 is 58.4. The van der Waals surface area contributed by atoms with Crippen LogP contribution in [0.5, 0.6) is 0 Å². The highest BCUT2D eigenvalue weighted by molar-refractivity contribution is 6.31. The van der Waals surface area contributed by atoms with Gasteiger partial charge in [-0.2, -0.15) is 5.10 Å². The van der Waals surface area contributed by atoms with Gasteiger partial charge in [-0.1, -0.05) is 17.7 Å². The third-order valence-corrected chi connectivity index (χ3v) is 7.82. The first-order valence-electron chi connectivity index (χ1n) is 13.0. The van der Waals surface area contributed by atoms with Crippen molar-refractivity contribution in [2.75, 3.05) is 16.8 Å². The van der Waals surface area contributed by atoms with Crippen molar-refractivity contribution >= 4 is 34.8 Å². The number of anilines is 2. The number of halogens is 5. The summed E-state index contributed by atoms with van der Waals surface area (Å²) in [5.41, 5.74) is -0.831. The van der Waals surface area contributed by atoms with E-state index in [2.05, 4.69) is 25.4 Å². The standard InChI is InChI=1S/C28H22ClF4N7O2/c1-12-24(38-21(9-34-12)22-17(26(32)33)3-4-19(29)23(22)31)27(41)37-15-7-36-40(11-15)13(2)25-20(30)6-16(8-35-25)39-10-14-5-18(14)28(39)42/h3-4,6-9,11,13-14,18,26H,5,10H2,1-2H3,(H,37,41)/t13?,14-,18-/m1/s1. The average Bonchev–Trinajstić information content (AvgIpc) is 3.45. The van der Waals surface area contributed by atoms with Gasteiger partial charge < -0.3 is 10.2 Å². The summed E-state index contributed by atoms with van der Waals surface area (Å²) in [6.07, 6.45) is 3.18. The van der Waals surface area contributed by atoms with Crippen molar-refractivity contribution in [3.05, 3.63) is 82.3 Å². The molecule has 1 aliphatic heterocycles. The zero-order valence-electron chi connectivity index (χ0n) is 22.2. The molecule has 1 aromatic carbocycles. The van der Waals surface area contributed by atoms with Gasteiger partial charge in [0, 0.05) is 35.9 Å². The van der Waals surface area contributed by atoms with E-state index in [1.807, 2.05) is 0 Å². The highest BCUT2D eigenvalue weighted by atomic mass is 35.5. The van der Waals surface area contributed by atoms with Gasteiger partial charge in [0.1, 0.15) is 17.2 Å². The zero-order valence-corrected chi connectivity index (χ0v) is 22.9. The molecule has 0 radical (unpaired) electrons. The minimum absolute atomic E-state index is 0.00733. The van der Waals surface area contributed by atoms with E-state index in [0.717, 1.165) is 24.8 Å². The summed E-state index contributed by atoms with van der Waals surface area (Å²) in [5.74, 6) is -2.10. The molecule has 216 valence electrons. The van der Waals surface area contributed by atoms with E-state index in [4.69, 9.17) is 11.6 Å². The Morgan fingerprint density at radius 1 is 1.17 bits per heavy atom. The molecule has 4 heterocycles. The number of piperidine rings is 1. The number of pyridine rings is 1. The van der Waals surface area contributed by atoms with Crippen LogP contribution in [-0.2, 0) is 4.79 Å². The number of benzene rings is 1. The maximum absolute atomic E-state index is 15.1. The molecule has 4 aromatic rings. The lowest BCUT2D eigenvalue weighted by Crippen LogP contribution is -2.28. The molecule has 2 amide bonds. The Balaban J connectivity index is 1.21. The molecular weight excluding hydrogens is 578 g/mol. The van der Waals surface area contributed by atoms with E-state index in [9.17, 15) is 22.8 Å². The number of amides is 2. The number of alkyl halides is 2. The van der Waals surface area contributed by atoms with Gasteiger partial charge in [-0.05, 0) is 32.3 Å². The predicted molar refractivity (Wildman–Crippen MR) is 144 cm³/mol. The number of nitrogens with zero attached hydrogens (tertiary/aromatic N) is 6. The van der Waals surface area contributed by atoms with Gasteiger partial charge in [-0.3, -0.25) is 24.2 Å². The lowest BCUT2D eigenvalue weighted by Gasteiger charge is -2.19. The number of rotatable bonds is 7. The predicted octanol–water partition coefficient (Wildman–Crippen LogP) is 5.76. The molecule has 14 heteroatoms. The van der Waals surface area contributed by atoms with Crippen molar-refractivity contribution in [2.24, 2.45) is 11.8 Å². The van der Waals surface area contributed by atoms with Gasteiger partial charge in [0.2, 0.25) is 5.91 Å². The molecule has 3 aromatic heterocycles. The van der Waals surface area contributed by atoms with Crippen molar-refractivity contribution in [2.45, 2.75) is 32.7 Å². The lowest BCUT2D eigenvalue weighted by atomic mass is 10.0. The number of aromatic nitrogens is 5. The van der Waals surface area contributed by atoms with E-state index in [0.29, 0.717) is 18.2 Å². The van der Waals surface area contributed by atoms with Crippen LogP contribution in [0, 0.1) is 30.4 Å². The first-order chi connectivity index (χ1) is 20.0. The van der Waals surface area contributed by atoms with Gasteiger partial charge in [0.15, 0.2) is 5.82 Å². The second kappa shape index (κ2) is 10.5. The van der Waals surface area contributed by atoms with Gasteiger partial charge in [-0.25, -0.2) is 22.5 Å². The molecule has 42 heavy (non-hydrogen) atoms. The maximum Gasteiger partial charge on any atom is 0.276 e. The van der Waals surface area contributed by atoms with Crippen LogP contribution in [0.3, 0.4) is 0 Å². The first kappa shape index (κ1) is 27.8. The Labute approximate surface area is 241 Å². The molecule has 1 aliphatic carbocycles. The summed E-state index contributed by atoms with van der Waals surface area (Å²) in [6.45, 7) is 3.71. The van der Waals surface area contributed by atoms with Crippen molar-refractivity contribution in [3.8, 4) is 11.3 Å². The zero-order chi connectivity index (χ0) is 29.9. The molecule has 2 fully saturated rings. The summed E-state index contributed by atoms with van der Waals surface area (Å²) in [6, 6.07) is 2.62. The lowest BCUT2D eigenvalue weighted by molar-refractivity contribution is -0.118. The Kier molecular flexibility index (Phi) is 6.92. The van der Waals surface area contributed by atoms with E-state index >= 15 is 4.39 Å². The summed E-state index contributed by atoms with van der Waals surface area (Å²) >= 11 is 5.81. The first-order valence-corrected chi connectivity index (χ1v) is 13.3. The van der Waals surface area contributed by atoms with E-state index in [1.165, 1.54) is 36.3 Å². The molecule has 2 aliphatic rings. The molecular formula is C28H22ClF4N7O2. The minimum Gasteiger partial charge on any atom is -0.318 e. The molecule has 3 atom stereocenters. The molecule has 0 spiro atoms. The average molecular weight is 600 g/mol. The SMILES string of the molecule is Cc1ncc(-c2c(C(F)F)ccc(Cl)c2F)nc1C(=O)Nc1cnn(C(C)c2ncc(N3C[C@H]4C[C@H]4C3=O)cc2F)c1. The van der Waals surface area contributed by atoms with Crippen molar-refractivity contribution in [3.63, 3.8) is 0 Å². The van der Waals surface area contributed by atoms with Crippen LogP contribution in [0.2, 0.25) is 5.02 Å². The van der Waals surface area contributed by atoms with Crippen LogP contribution >= 0.6 is 11.6 Å². The van der Waals surface area contributed by atoms with Crippen LogP contribution in [0.1, 0.15) is 53.3 Å². The number of hydrogen-bond donors (Lipinski definition) is 1. The third-order valence-electron chi connectivity index (χ3n) is 7.53. The number of carbonyl (C=O) groups excluding carboxylic acids is 2. The number of carbonyl (C=O) groups is 2. The largest absolute Gasteiger partial charge is 0.318 e. The Morgan fingerprint density at radius 3 is 2.64 bits per heavy atom. The van der Waals surface area contributed by atoms with Crippen LogP contribution in [0.4, 0.5) is 28.9 Å². The second-order valence-corrected chi connectivity index (χ2v) is 10.7. The summed E-state index contributed by atoms with van der Waals surface area (Å²) in [7, 11) is 0. The number of nitrogens with one attached hydrogen (secondary N) is 1. The minimum atomic E-state index is -3.02. The number of fused-ring (bicyclic) bond motifs is 1. The molecule has 1 unspecified atom stereocenters.